The van der Waals surface area contributed by atoms with Crippen molar-refractivity contribution in [3.63, 3.8) is 0 Å². The van der Waals surface area contributed by atoms with Gasteiger partial charge in [-0.3, -0.25) is 0 Å². The SMILES string of the molecule is CC(C)CSc1ccc(N)cc1C(F)F. The van der Waals surface area contributed by atoms with Crippen molar-refractivity contribution in [2.24, 2.45) is 5.92 Å². The van der Waals surface area contributed by atoms with E-state index in [9.17, 15) is 8.78 Å². The highest BCUT2D eigenvalue weighted by molar-refractivity contribution is 7.99. The quantitative estimate of drug-likeness (QED) is 0.627. The van der Waals surface area contributed by atoms with Crippen LogP contribution in [-0.4, -0.2) is 5.75 Å². The Morgan fingerprint density at radius 1 is 1.33 bits per heavy atom. The molecule has 0 unspecified atom stereocenters. The van der Waals surface area contributed by atoms with Crippen LogP contribution >= 0.6 is 11.8 Å². The molecule has 15 heavy (non-hydrogen) atoms. The highest BCUT2D eigenvalue weighted by Gasteiger charge is 2.13. The number of alkyl halides is 2. The van der Waals surface area contributed by atoms with Crippen LogP contribution in [0.4, 0.5) is 14.5 Å². The second-order valence-corrected chi connectivity index (χ2v) is 4.86. The number of halogens is 2. The van der Waals surface area contributed by atoms with Gasteiger partial charge in [-0.1, -0.05) is 13.8 Å². The van der Waals surface area contributed by atoms with E-state index in [0.29, 0.717) is 16.5 Å². The number of benzene rings is 1. The Kier molecular flexibility index (Phi) is 4.39. The van der Waals surface area contributed by atoms with Crippen molar-refractivity contribution in [1.82, 2.24) is 0 Å². The lowest BCUT2D eigenvalue weighted by Crippen LogP contribution is -1.95. The first kappa shape index (κ1) is 12.3. The van der Waals surface area contributed by atoms with Gasteiger partial charge in [0.2, 0.25) is 0 Å². The summed E-state index contributed by atoms with van der Waals surface area (Å²) in [7, 11) is 0. The van der Waals surface area contributed by atoms with E-state index < -0.39 is 6.43 Å². The largest absolute Gasteiger partial charge is 0.399 e. The standard InChI is InChI=1S/C11H15F2NS/c1-7(2)6-15-10-4-3-8(14)5-9(10)11(12)13/h3-5,7,11H,6,14H2,1-2H3. The zero-order valence-electron chi connectivity index (χ0n) is 8.84. The molecule has 1 aromatic rings. The number of nitrogen functional groups attached to an aromatic ring is 1. The van der Waals surface area contributed by atoms with Gasteiger partial charge in [0.25, 0.3) is 6.43 Å². The van der Waals surface area contributed by atoms with Gasteiger partial charge >= 0.3 is 0 Å². The predicted octanol–water partition coefficient (Wildman–Crippen LogP) is 3.95. The van der Waals surface area contributed by atoms with Crippen molar-refractivity contribution >= 4 is 17.4 Å². The minimum absolute atomic E-state index is 0.0423. The third-order valence-corrected chi connectivity index (χ3v) is 3.36. The molecule has 4 heteroatoms. The Balaban J connectivity index is 2.86. The molecular weight excluding hydrogens is 216 g/mol. The summed E-state index contributed by atoms with van der Waals surface area (Å²) in [4.78, 5) is 0.632. The van der Waals surface area contributed by atoms with Crippen LogP contribution in [0.1, 0.15) is 25.8 Å². The third kappa shape index (κ3) is 3.70. The van der Waals surface area contributed by atoms with E-state index in [1.54, 1.807) is 12.1 Å². The first-order chi connectivity index (χ1) is 7.00. The van der Waals surface area contributed by atoms with Crippen LogP contribution in [0.15, 0.2) is 23.1 Å². The van der Waals surface area contributed by atoms with Crippen LogP contribution in [0.5, 0.6) is 0 Å². The van der Waals surface area contributed by atoms with Gasteiger partial charge in [-0.15, -0.1) is 11.8 Å². The molecule has 0 saturated heterocycles. The molecule has 0 atom stereocenters. The molecule has 0 fully saturated rings. The van der Waals surface area contributed by atoms with Gasteiger partial charge in [-0.25, -0.2) is 8.78 Å². The molecule has 0 heterocycles. The van der Waals surface area contributed by atoms with Crippen molar-refractivity contribution in [3.05, 3.63) is 23.8 Å². The van der Waals surface area contributed by atoms with E-state index in [1.807, 2.05) is 0 Å². The summed E-state index contributed by atoms with van der Waals surface area (Å²) in [5.41, 5.74) is 5.91. The molecule has 0 aliphatic rings. The summed E-state index contributed by atoms with van der Waals surface area (Å²) in [5.74, 6) is 1.32. The van der Waals surface area contributed by atoms with E-state index in [2.05, 4.69) is 13.8 Å². The maximum Gasteiger partial charge on any atom is 0.265 e. The Hall–Kier alpha value is -0.770. The monoisotopic (exact) mass is 231 g/mol. The second kappa shape index (κ2) is 5.35. The minimum atomic E-state index is -2.46. The van der Waals surface area contributed by atoms with Crippen LogP contribution < -0.4 is 5.73 Å². The number of rotatable bonds is 4. The van der Waals surface area contributed by atoms with Gasteiger partial charge in [-0.2, -0.15) is 0 Å². The Labute approximate surface area is 93.1 Å². The third-order valence-electron chi connectivity index (χ3n) is 1.84. The molecule has 1 aromatic carbocycles. The molecule has 0 spiro atoms. The second-order valence-electron chi connectivity index (χ2n) is 3.80. The van der Waals surface area contributed by atoms with Crippen LogP contribution in [0.2, 0.25) is 0 Å². The normalized spacial score (nSPS) is 11.3. The summed E-state index contributed by atoms with van der Waals surface area (Å²) in [6.45, 7) is 4.12. The van der Waals surface area contributed by atoms with E-state index in [-0.39, 0.29) is 5.56 Å². The lowest BCUT2D eigenvalue weighted by Gasteiger charge is -2.10. The molecule has 0 radical (unpaired) electrons. The lowest BCUT2D eigenvalue weighted by atomic mass is 10.2. The minimum Gasteiger partial charge on any atom is -0.399 e. The van der Waals surface area contributed by atoms with Gasteiger partial charge in [0.1, 0.15) is 0 Å². The Morgan fingerprint density at radius 2 is 2.00 bits per heavy atom. The summed E-state index contributed by atoms with van der Waals surface area (Å²) >= 11 is 1.46. The van der Waals surface area contributed by atoms with Crippen LogP contribution in [0.25, 0.3) is 0 Å². The average molecular weight is 231 g/mol. The zero-order chi connectivity index (χ0) is 11.4. The van der Waals surface area contributed by atoms with E-state index in [1.165, 1.54) is 17.8 Å². The van der Waals surface area contributed by atoms with Crippen molar-refractivity contribution < 1.29 is 8.78 Å². The van der Waals surface area contributed by atoms with E-state index in [4.69, 9.17) is 5.73 Å². The van der Waals surface area contributed by atoms with Gasteiger partial charge in [-0.05, 0) is 24.1 Å². The fourth-order valence-corrected chi connectivity index (χ4v) is 2.12. The van der Waals surface area contributed by atoms with Crippen LogP contribution in [0.3, 0.4) is 0 Å². The smallest absolute Gasteiger partial charge is 0.265 e. The maximum absolute atomic E-state index is 12.7. The maximum atomic E-state index is 12.7. The number of anilines is 1. The predicted molar refractivity (Wildman–Crippen MR) is 61.4 cm³/mol. The summed E-state index contributed by atoms with van der Waals surface area (Å²) < 4.78 is 25.3. The molecule has 2 N–H and O–H groups in total. The summed E-state index contributed by atoms with van der Waals surface area (Å²) in [5, 5.41) is 0. The van der Waals surface area contributed by atoms with Crippen molar-refractivity contribution in [3.8, 4) is 0 Å². The average Bonchev–Trinajstić information content (AvgIpc) is 2.15. The van der Waals surface area contributed by atoms with Crippen LogP contribution in [-0.2, 0) is 0 Å². The van der Waals surface area contributed by atoms with Gasteiger partial charge < -0.3 is 5.73 Å². The molecule has 0 aromatic heterocycles. The number of hydrogen-bond donors (Lipinski definition) is 1. The molecule has 0 bridgehead atoms. The molecule has 0 amide bonds. The fraction of sp³-hybridized carbons (Fsp3) is 0.455. The number of hydrogen-bond acceptors (Lipinski definition) is 2. The molecule has 0 saturated carbocycles. The van der Waals surface area contributed by atoms with E-state index in [0.717, 1.165) is 5.75 Å². The number of nitrogens with two attached hydrogens (primary N) is 1. The van der Waals surface area contributed by atoms with E-state index >= 15 is 0 Å². The zero-order valence-corrected chi connectivity index (χ0v) is 9.65. The number of thioether (sulfide) groups is 1. The van der Waals surface area contributed by atoms with Crippen molar-refractivity contribution in [2.75, 3.05) is 11.5 Å². The highest BCUT2D eigenvalue weighted by atomic mass is 32.2. The molecule has 1 rings (SSSR count). The first-order valence-corrected chi connectivity index (χ1v) is 5.79. The van der Waals surface area contributed by atoms with Gasteiger partial charge in [0, 0.05) is 21.9 Å². The summed E-state index contributed by atoms with van der Waals surface area (Å²) in [6.07, 6.45) is -2.46. The summed E-state index contributed by atoms with van der Waals surface area (Å²) in [6, 6.07) is 4.69. The van der Waals surface area contributed by atoms with Crippen molar-refractivity contribution in [1.29, 1.82) is 0 Å². The van der Waals surface area contributed by atoms with Crippen LogP contribution in [0, 0.1) is 5.92 Å². The van der Waals surface area contributed by atoms with Gasteiger partial charge in [0.05, 0.1) is 0 Å². The topological polar surface area (TPSA) is 26.0 Å². The lowest BCUT2D eigenvalue weighted by molar-refractivity contribution is 0.148. The molecule has 84 valence electrons. The Bertz CT molecular complexity index is 326. The molecular formula is C11H15F2NS. The molecule has 1 nitrogen and oxygen atoms in total. The molecule has 0 aliphatic heterocycles. The Morgan fingerprint density at radius 3 is 2.53 bits per heavy atom. The van der Waals surface area contributed by atoms with Gasteiger partial charge in [0.15, 0.2) is 0 Å². The first-order valence-electron chi connectivity index (χ1n) is 4.81. The fourth-order valence-electron chi connectivity index (χ4n) is 1.13. The highest BCUT2D eigenvalue weighted by Crippen LogP contribution is 2.32. The molecule has 0 aliphatic carbocycles. The van der Waals surface area contributed by atoms with Crippen molar-refractivity contribution in [2.45, 2.75) is 25.2 Å².